The second-order valence-electron chi connectivity index (χ2n) is 7.65. The Balaban J connectivity index is 1.81. The molecule has 30 heavy (non-hydrogen) atoms. The quantitative estimate of drug-likeness (QED) is 0.640. The molecule has 0 saturated carbocycles. The van der Waals surface area contributed by atoms with Gasteiger partial charge in [-0.25, -0.2) is 4.68 Å². The van der Waals surface area contributed by atoms with E-state index in [-0.39, 0.29) is 17.5 Å². The number of ketones is 1. The Kier molecular flexibility index (Phi) is 5.69. The topological polar surface area (TPSA) is 87.9 Å². The number of aryl methyl sites for hydroxylation is 1. The van der Waals surface area contributed by atoms with Crippen molar-refractivity contribution in [3.8, 4) is 11.8 Å². The van der Waals surface area contributed by atoms with Crippen LogP contribution in [0.1, 0.15) is 39.3 Å². The van der Waals surface area contributed by atoms with Gasteiger partial charge in [0.2, 0.25) is 5.78 Å². The summed E-state index contributed by atoms with van der Waals surface area (Å²) < 4.78 is 1.68. The fourth-order valence-corrected chi connectivity index (χ4v) is 3.86. The Hall–Kier alpha value is -2.98. The van der Waals surface area contributed by atoms with Crippen LogP contribution in [0.4, 0.5) is 0 Å². The van der Waals surface area contributed by atoms with Gasteiger partial charge in [0.05, 0.1) is 11.4 Å². The molecule has 1 fully saturated rings. The van der Waals surface area contributed by atoms with Crippen LogP contribution < -0.4 is 5.73 Å². The number of hydrogen-bond donors (Lipinski definition) is 1. The summed E-state index contributed by atoms with van der Waals surface area (Å²) >= 11 is 6.04. The molecule has 0 amide bonds. The van der Waals surface area contributed by atoms with Crippen molar-refractivity contribution in [3.05, 3.63) is 81.6 Å². The highest BCUT2D eigenvalue weighted by Crippen LogP contribution is 2.25. The predicted octanol–water partition coefficient (Wildman–Crippen LogP) is 3.47. The lowest BCUT2D eigenvalue weighted by atomic mass is 10.0. The van der Waals surface area contributed by atoms with Crippen LogP contribution in [0.15, 0.2) is 48.5 Å². The first-order chi connectivity index (χ1) is 14.5. The SMILES string of the molecule is Cc1ccc(C(=O)c2nn(-c3ccc(Cl)cc3)c(CN3CCC(N)C3)c2C#N)cc1. The van der Waals surface area contributed by atoms with Gasteiger partial charge in [-0.15, -0.1) is 0 Å². The van der Waals surface area contributed by atoms with Gasteiger partial charge in [-0.05, 0) is 37.6 Å². The van der Waals surface area contributed by atoms with E-state index in [4.69, 9.17) is 17.3 Å². The molecule has 0 radical (unpaired) electrons. The van der Waals surface area contributed by atoms with E-state index in [0.717, 1.165) is 30.8 Å². The smallest absolute Gasteiger partial charge is 0.214 e. The maximum Gasteiger partial charge on any atom is 0.214 e. The molecule has 2 N–H and O–H groups in total. The Bertz CT molecular complexity index is 1110. The average Bonchev–Trinajstić information content (AvgIpc) is 3.32. The third-order valence-electron chi connectivity index (χ3n) is 5.38. The molecule has 0 bridgehead atoms. The molecule has 7 heteroatoms. The fourth-order valence-electron chi connectivity index (χ4n) is 3.73. The minimum absolute atomic E-state index is 0.121. The van der Waals surface area contributed by atoms with Gasteiger partial charge in [0.25, 0.3) is 0 Å². The second-order valence-corrected chi connectivity index (χ2v) is 8.09. The highest BCUT2D eigenvalue weighted by Gasteiger charge is 2.28. The molecule has 6 nitrogen and oxygen atoms in total. The van der Waals surface area contributed by atoms with E-state index in [1.165, 1.54) is 0 Å². The van der Waals surface area contributed by atoms with Crippen LogP contribution >= 0.6 is 11.6 Å². The number of aromatic nitrogens is 2. The molecule has 152 valence electrons. The van der Waals surface area contributed by atoms with E-state index < -0.39 is 0 Å². The van der Waals surface area contributed by atoms with Crippen LogP contribution in [-0.4, -0.2) is 39.6 Å². The largest absolute Gasteiger partial charge is 0.326 e. The average molecular weight is 420 g/mol. The van der Waals surface area contributed by atoms with Crippen molar-refractivity contribution in [3.63, 3.8) is 0 Å². The van der Waals surface area contributed by atoms with Gasteiger partial charge >= 0.3 is 0 Å². The van der Waals surface area contributed by atoms with Crippen molar-refractivity contribution in [1.29, 1.82) is 5.26 Å². The zero-order chi connectivity index (χ0) is 21.3. The minimum Gasteiger partial charge on any atom is -0.326 e. The molecule has 0 spiro atoms. The Morgan fingerprint density at radius 1 is 1.23 bits per heavy atom. The molecule has 2 heterocycles. The molecule has 0 aliphatic carbocycles. The normalized spacial score (nSPS) is 16.5. The zero-order valence-corrected chi connectivity index (χ0v) is 17.4. The molecule has 3 aromatic rings. The third-order valence-corrected chi connectivity index (χ3v) is 5.63. The monoisotopic (exact) mass is 419 g/mol. The molecule has 1 atom stereocenters. The van der Waals surface area contributed by atoms with E-state index in [1.807, 2.05) is 31.2 Å². The first-order valence-corrected chi connectivity index (χ1v) is 10.2. The van der Waals surface area contributed by atoms with Crippen LogP contribution in [-0.2, 0) is 6.54 Å². The standard InChI is InChI=1S/C23H22ClN5O/c1-15-2-4-16(5-3-15)23(30)22-20(12-25)21(14-28-11-10-18(26)13-28)29(27-22)19-8-6-17(24)7-9-19/h2-9,18H,10-11,13-14,26H2,1H3. The van der Waals surface area contributed by atoms with Crippen molar-refractivity contribution in [2.24, 2.45) is 5.73 Å². The van der Waals surface area contributed by atoms with Crippen molar-refractivity contribution in [2.75, 3.05) is 13.1 Å². The van der Waals surface area contributed by atoms with Gasteiger partial charge in [0.15, 0.2) is 5.69 Å². The summed E-state index contributed by atoms with van der Waals surface area (Å²) in [4.78, 5) is 15.4. The number of likely N-dealkylation sites (tertiary alicyclic amines) is 1. The number of nitriles is 1. The van der Waals surface area contributed by atoms with Gasteiger partial charge in [-0.1, -0.05) is 41.4 Å². The lowest BCUT2D eigenvalue weighted by Gasteiger charge is -2.16. The molecular formula is C23H22ClN5O. The van der Waals surface area contributed by atoms with Crippen molar-refractivity contribution >= 4 is 17.4 Å². The van der Waals surface area contributed by atoms with E-state index >= 15 is 0 Å². The molecular weight excluding hydrogens is 398 g/mol. The van der Waals surface area contributed by atoms with Crippen LogP contribution in [0.2, 0.25) is 5.02 Å². The number of benzene rings is 2. The molecule has 1 saturated heterocycles. The highest BCUT2D eigenvalue weighted by molar-refractivity contribution is 6.30. The van der Waals surface area contributed by atoms with Gasteiger partial charge in [0, 0.05) is 36.3 Å². The van der Waals surface area contributed by atoms with Gasteiger partial charge in [-0.3, -0.25) is 9.69 Å². The maximum absolute atomic E-state index is 13.2. The van der Waals surface area contributed by atoms with Crippen molar-refractivity contribution in [2.45, 2.75) is 25.9 Å². The third kappa shape index (κ3) is 4.01. The molecule has 4 rings (SSSR count). The van der Waals surface area contributed by atoms with E-state index in [9.17, 15) is 10.1 Å². The first kappa shape index (κ1) is 20.3. The van der Waals surface area contributed by atoms with Gasteiger partial charge < -0.3 is 5.73 Å². The van der Waals surface area contributed by atoms with Crippen LogP contribution in [0.5, 0.6) is 0 Å². The summed E-state index contributed by atoms with van der Waals surface area (Å²) in [5, 5.41) is 15.1. The Morgan fingerprint density at radius 2 is 1.93 bits per heavy atom. The number of carbonyl (C=O) groups excluding carboxylic acids is 1. The van der Waals surface area contributed by atoms with Gasteiger partial charge in [0.1, 0.15) is 11.6 Å². The van der Waals surface area contributed by atoms with Gasteiger partial charge in [-0.2, -0.15) is 10.4 Å². The number of carbonyl (C=O) groups is 1. The summed E-state index contributed by atoms with van der Waals surface area (Å²) in [6.45, 7) is 4.05. The number of hydrogen-bond acceptors (Lipinski definition) is 5. The van der Waals surface area contributed by atoms with Crippen LogP contribution in [0.25, 0.3) is 5.69 Å². The number of nitrogens with two attached hydrogens (primary N) is 1. The Labute approximate surface area is 180 Å². The molecule has 1 unspecified atom stereocenters. The second kappa shape index (κ2) is 8.41. The lowest BCUT2D eigenvalue weighted by Crippen LogP contribution is -2.27. The van der Waals surface area contributed by atoms with Crippen molar-refractivity contribution in [1.82, 2.24) is 14.7 Å². The lowest BCUT2D eigenvalue weighted by molar-refractivity contribution is 0.103. The molecule has 1 aliphatic rings. The zero-order valence-electron chi connectivity index (χ0n) is 16.7. The fraction of sp³-hybridized carbons (Fsp3) is 0.261. The summed E-state index contributed by atoms with van der Waals surface area (Å²) in [7, 11) is 0. The maximum atomic E-state index is 13.2. The van der Waals surface area contributed by atoms with E-state index in [1.54, 1.807) is 28.9 Å². The number of nitrogens with zero attached hydrogens (tertiary/aromatic N) is 4. The molecule has 1 aliphatic heterocycles. The van der Waals surface area contributed by atoms with Crippen molar-refractivity contribution < 1.29 is 4.79 Å². The molecule has 2 aromatic carbocycles. The number of rotatable bonds is 5. The molecule has 1 aromatic heterocycles. The first-order valence-electron chi connectivity index (χ1n) is 9.83. The van der Waals surface area contributed by atoms with Crippen LogP contribution in [0.3, 0.4) is 0 Å². The Morgan fingerprint density at radius 3 is 2.53 bits per heavy atom. The summed E-state index contributed by atoms with van der Waals surface area (Å²) in [6.07, 6.45) is 0.909. The van der Waals surface area contributed by atoms with Crippen LogP contribution in [0, 0.1) is 18.3 Å². The summed E-state index contributed by atoms with van der Waals surface area (Å²) in [6, 6.07) is 16.8. The van der Waals surface area contributed by atoms with E-state index in [2.05, 4.69) is 16.1 Å². The number of halogens is 1. The predicted molar refractivity (Wildman–Crippen MR) is 116 cm³/mol. The van der Waals surface area contributed by atoms with E-state index in [0.29, 0.717) is 28.4 Å². The highest BCUT2D eigenvalue weighted by atomic mass is 35.5. The summed E-state index contributed by atoms with van der Waals surface area (Å²) in [5.74, 6) is -0.265. The minimum atomic E-state index is -0.265. The summed E-state index contributed by atoms with van der Waals surface area (Å²) in [5.41, 5.74) is 9.52.